The quantitative estimate of drug-likeness (QED) is 0.579. The summed E-state index contributed by atoms with van der Waals surface area (Å²) in [5.41, 5.74) is -0.0702. The summed E-state index contributed by atoms with van der Waals surface area (Å²) in [5, 5.41) is 6.77. The van der Waals surface area contributed by atoms with Crippen LogP contribution < -0.4 is 10.2 Å². The standard InChI is InChI=1S/C22H21N3O6/c1-3-29-21(28)13-5-4-6-14(10-13)23-19(26)17-15-7-8-22(30-15)11-25(20(27)18(17)22)16-9-12(2)31-24-16/h4-10,15,17-18H,3,11H2,1-2H3,(H,23,26)/t15-,17?,18?,22+/m0/s1. The van der Waals surface area contributed by atoms with Crippen molar-refractivity contribution < 1.29 is 28.4 Å². The highest BCUT2D eigenvalue weighted by atomic mass is 16.5. The number of carbonyl (C=O) groups is 3. The number of hydrogen-bond donors (Lipinski definition) is 1. The van der Waals surface area contributed by atoms with Crippen LogP contribution in [-0.4, -0.2) is 47.8 Å². The van der Waals surface area contributed by atoms with Gasteiger partial charge in [0.15, 0.2) is 5.82 Å². The second kappa shape index (κ2) is 7.05. The lowest BCUT2D eigenvalue weighted by Gasteiger charge is -2.23. The average molecular weight is 423 g/mol. The summed E-state index contributed by atoms with van der Waals surface area (Å²) in [7, 11) is 0. The lowest BCUT2D eigenvalue weighted by Crippen LogP contribution is -2.41. The topological polar surface area (TPSA) is 111 Å². The van der Waals surface area contributed by atoms with Crippen LogP contribution in [0.25, 0.3) is 0 Å². The fraction of sp³-hybridized carbons (Fsp3) is 0.364. The van der Waals surface area contributed by atoms with E-state index in [2.05, 4.69) is 10.5 Å². The number of benzene rings is 1. The minimum absolute atomic E-state index is 0.222. The number of esters is 1. The van der Waals surface area contributed by atoms with Crippen LogP contribution in [0.3, 0.4) is 0 Å². The van der Waals surface area contributed by atoms with Crippen LogP contribution in [-0.2, 0) is 19.1 Å². The first-order chi connectivity index (χ1) is 14.9. The number of ether oxygens (including phenoxy) is 2. The van der Waals surface area contributed by atoms with E-state index in [9.17, 15) is 14.4 Å². The Balaban J connectivity index is 1.38. The van der Waals surface area contributed by atoms with Gasteiger partial charge in [0.25, 0.3) is 0 Å². The first-order valence-corrected chi connectivity index (χ1v) is 10.1. The number of hydrogen-bond acceptors (Lipinski definition) is 7. The Morgan fingerprint density at radius 1 is 1.35 bits per heavy atom. The number of nitrogens with zero attached hydrogens (tertiary/aromatic N) is 2. The summed E-state index contributed by atoms with van der Waals surface area (Å²) in [6.45, 7) is 4.01. The largest absolute Gasteiger partial charge is 0.462 e. The number of aromatic nitrogens is 1. The predicted molar refractivity (Wildman–Crippen MR) is 108 cm³/mol. The van der Waals surface area contributed by atoms with Crippen LogP contribution >= 0.6 is 0 Å². The lowest BCUT2D eigenvalue weighted by atomic mass is 9.76. The van der Waals surface area contributed by atoms with Gasteiger partial charge < -0.3 is 19.3 Å². The minimum Gasteiger partial charge on any atom is -0.462 e. The molecule has 4 atom stereocenters. The maximum absolute atomic E-state index is 13.3. The van der Waals surface area contributed by atoms with Gasteiger partial charge in [-0.1, -0.05) is 23.4 Å². The molecular weight excluding hydrogens is 402 g/mol. The van der Waals surface area contributed by atoms with E-state index in [0.29, 0.717) is 22.8 Å². The minimum atomic E-state index is -0.858. The van der Waals surface area contributed by atoms with Crippen molar-refractivity contribution in [2.75, 3.05) is 23.4 Å². The summed E-state index contributed by atoms with van der Waals surface area (Å²) in [5.74, 6) is -1.38. The predicted octanol–water partition coefficient (Wildman–Crippen LogP) is 2.08. The monoisotopic (exact) mass is 423 g/mol. The Labute approximate surface area is 178 Å². The molecule has 2 saturated heterocycles. The van der Waals surface area contributed by atoms with Crippen molar-refractivity contribution in [1.29, 1.82) is 0 Å². The van der Waals surface area contributed by atoms with E-state index in [1.54, 1.807) is 44.2 Å². The van der Waals surface area contributed by atoms with Gasteiger partial charge in [-0.2, -0.15) is 0 Å². The zero-order valence-corrected chi connectivity index (χ0v) is 17.0. The molecule has 0 saturated carbocycles. The highest BCUT2D eigenvalue weighted by Gasteiger charge is 2.67. The Kier molecular flexibility index (Phi) is 4.44. The zero-order chi connectivity index (χ0) is 21.8. The Hall–Kier alpha value is -3.46. The molecule has 160 valence electrons. The number of carbonyl (C=O) groups excluding carboxylic acids is 3. The van der Waals surface area contributed by atoms with Crippen LogP contribution in [0.2, 0.25) is 0 Å². The van der Waals surface area contributed by atoms with E-state index in [1.165, 1.54) is 4.90 Å². The summed E-state index contributed by atoms with van der Waals surface area (Å²) in [4.78, 5) is 39.9. The normalized spacial score (nSPS) is 28.1. The van der Waals surface area contributed by atoms with Crippen molar-refractivity contribution in [3.63, 3.8) is 0 Å². The van der Waals surface area contributed by atoms with Gasteiger partial charge in [-0.15, -0.1) is 0 Å². The molecule has 0 radical (unpaired) electrons. The number of aryl methyl sites for hydroxylation is 1. The van der Waals surface area contributed by atoms with Gasteiger partial charge in [-0.25, -0.2) is 4.79 Å². The third-order valence-electron chi connectivity index (χ3n) is 5.94. The second-order valence-electron chi connectivity index (χ2n) is 7.91. The van der Waals surface area contributed by atoms with Crippen LogP contribution in [0.1, 0.15) is 23.0 Å². The summed E-state index contributed by atoms with van der Waals surface area (Å²) >= 11 is 0. The maximum Gasteiger partial charge on any atom is 0.338 e. The SMILES string of the molecule is CCOC(=O)c1cccc(NC(=O)C2C3C(=O)N(c4cc(C)on4)C[C@]34C=C[C@@H]2O4)c1. The van der Waals surface area contributed by atoms with Gasteiger partial charge in [-0.05, 0) is 32.0 Å². The van der Waals surface area contributed by atoms with Gasteiger partial charge in [-0.3, -0.25) is 14.5 Å². The molecule has 2 aromatic rings. The molecule has 3 aliphatic rings. The number of anilines is 2. The third-order valence-corrected chi connectivity index (χ3v) is 5.94. The molecule has 2 unspecified atom stereocenters. The molecule has 1 aromatic heterocycles. The fourth-order valence-corrected chi connectivity index (χ4v) is 4.64. The molecule has 4 heterocycles. The number of nitrogens with one attached hydrogen (secondary N) is 1. The van der Waals surface area contributed by atoms with Crippen molar-refractivity contribution in [3.05, 3.63) is 53.8 Å². The van der Waals surface area contributed by atoms with Crippen molar-refractivity contribution >= 4 is 29.3 Å². The van der Waals surface area contributed by atoms with Crippen LogP contribution in [0.4, 0.5) is 11.5 Å². The highest BCUT2D eigenvalue weighted by molar-refractivity contribution is 6.05. The van der Waals surface area contributed by atoms with E-state index >= 15 is 0 Å². The van der Waals surface area contributed by atoms with Crippen LogP contribution in [0, 0.1) is 18.8 Å². The summed E-state index contributed by atoms with van der Waals surface area (Å²) in [6.07, 6.45) is 3.22. The number of fused-ring (bicyclic) bond motifs is 1. The first-order valence-electron chi connectivity index (χ1n) is 10.1. The highest BCUT2D eigenvalue weighted by Crippen LogP contribution is 2.52. The Bertz CT molecular complexity index is 1110. The van der Waals surface area contributed by atoms with E-state index in [1.807, 2.05) is 12.2 Å². The molecular formula is C22H21N3O6. The van der Waals surface area contributed by atoms with Crippen LogP contribution in [0.5, 0.6) is 0 Å². The molecule has 2 amide bonds. The molecule has 31 heavy (non-hydrogen) atoms. The lowest BCUT2D eigenvalue weighted by molar-refractivity contribution is -0.128. The molecule has 5 rings (SSSR count). The zero-order valence-electron chi connectivity index (χ0n) is 17.0. The second-order valence-corrected chi connectivity index (χ2v) is 7.91. The van der Waals surface area contributed by atoms with Gasteiger partial charge in [0, 0.05) is 11.8 Å². The van der Waals surface area contributed by atoms with Gasteiger partial charge in [0.05, 0.1) is 36.7 Å². The van der Waals surface area contributed by atoms with Crippen molar-refractivity contribution in [2.45, 2.75) is 25.6 Å². The van der Waals surface area contributed by atoms with E-state index < -0.39 is 29.5 Å². The van der Waals surface area contributed by atoms with Gasteiger partial charge >= 0.3 is 5.97 Å². The molecule has 1 aromatic carbocycles. The molecule has 9 heteroatoms. The molecule has 0 aliphatic carbocycles. The molecule has 2 fully saturated rings. The Morgan fingerprint density at radius 2 is 2.19 bits per heavy atom. The van der Waals surface area contributed by atoms with Gasteiger partial charge in [0.1, 0.15) is 11.4 Å². The molecule has 9 nitrogen and oxygen atoms in total. The van der Waals surface area contributed by atoms with Gasteiger partial charge in [0.2, 0.25) is 11.8 Å². The Morgan fingerprint density at radius 3 is 2.94 bits per heavy atom. The van der Waals surface area contributed by atoms with Crippen molar-refractivity contribution in [3.8, 4) is 0 Å². The molecule has 1 N–H and O–H groups in total. The molecule has 3 aliphatic heterocycles. The van der Waals surface area contributed by atoms with Crippen LogP contribution in [0.15, 0.2) is 47.0 Å². The average Bonchev–Trinajstić information content (AvgIpc) is 3.49. The summed E-state index contributed by atoms with van der Waals surface area (Å²) in [6, 6.07) is 8.19. The van der Waals surface area contributed by atoms with Crippen molar-refractivity contribution in [1.82, 2.24) is 5.16 Å². The smallest absolute Gasteiger partial charge is 0.338 e. The van der Waals surface area contributed by atoms with E-state index in [0.717, 1.165) is 0 Å². The number of amides is 2. The summed E-state index contributed by atoms with van der Waals surface area (Å²) < 4.78 is 16.2. The van der Waals surface area contributed by atoms with Crippen molar-refractivity contribution in [2.24, 2.45) is 11.8 Å². The number of rotatable bonds is 5. The first kappa shape index (κ1) is 19.5. The maximum atomic E-state index is 13.3. The third kappa shape index (κ3) is 3.04. The fourth-order valence-electron chi connectivity index (χ4n) is 4.64. The van der Waals surface area contributed by atoms with E-state index in [4.69, 9.17) is 14.0 Å². The molecule has 1 spiro atoms. The molecule has 2 bridgehead atoms. The van der Waals surface area contributed by atoms with E-state index in [-0.39, 0.29) is 25.0 Å².